The Hall–Kier alpha value is -3.34. The molecule has 0 atom stereocenters. The fraction of sp³-hybridized carbons (Fsp3) is 0.200. The van der Waals surface area contributed by atoms with Crippen molar-refractivity contribution in [2.24, 2.45) is 0 Å². The third kappa shape index (κ3) is 6.85. The number of aromatic nitrogens is 2. The van der Waals surface area contributed by atoms with Crippen LogP contribution in [0.3, 0.4) is 0 Å². The minimum atomic E-state index is -4.54. The maximum Gasteiger partial charge on any atom is 0.416 e. The minimum absolute atomic E-state index is 0.0606. The van der Waals surface area contributed by atoms with Gasteiger partial charge in [0.15, 0.2) is 0 Å². The maximum absolute atomic E-state index is 12.8. The molecule has 2 amide bonds. The summed E-state index contributed by atoms with van der Waals surface area (Å²) in [5.74, 6) is -0.803. The Kier molecular flexibility index (Phi) is 7.29. The van der Waals surface area contributed by atoms with Gasteiger partial charge >= 0.3 is 6.18 Å². The number of rotatable bonds is 8. The lowest BCUT2D eigenvalue weighted by atomic mass is 10.1. The van der Waals surface area contributed by atoms with Crippen molar-refractivity contribution in [1.29, 1.82) is 0 Å². The van der Waals surface area contributed by atoms with Gasteiger partial charge in [-0.15, -0.1) is 10.2 Å². The standard InChI is InChI=1S/C20H17F3N4O3S/c21-20(22,23)15-8-4-7-14(9-15)18(29)25-11-17-26-27-19(30-17)31-12-16(28)24-10-13-5-2-1-3-6-13/h1-9H,10-12H2,(H,24,28)(H,25,29). The molecule has 3 rings (SSSR count). The predicted molar refractivity (Wildman–Crippen MR) is 106 cm³/mol. The van der Waals surface area contributed by atoms with Crippen molar-refractivity contribution in [3.63, 3.8) is 0 Å². The number of nitrogens with zero attached hydrogens (tertiary/aromatic N) is 2. The highest BCUT2D eigenvalue weighted by molar-refractivity contribution is 7.99. The lowest BCUT2D eigenvalue weighted by Gasteiger charge is -2.08. The zero-order valence-corrected chi connectivity index (χ0v) is 16.8. The fourth-order valence-electron chi connectivity index (χ4n) is 2.44. The molecule has 0 spiro atoms. The summed E-state index contributed by atoms with van der Waals surface area (Å²) in [4.78, 5) is 24.0. The first kappa shape index (κ1) is 22.3. The number of carbonyl (C=O) groups excluding carboxylic acids is 2. The van der Waals surface area contributed by atoms with E-state index in [-0.39, 0.29) is 34.9 Å². The zero-order chi connectivity index (χ0) is 22.3. The first-order valence-corrected chi connectivity index (χ1v) is 10.0. The third-order valence-electron chi connectivity index (χ3n) is 3.96. The van der Waals surface area contributed by atoms with Gasteiger partial charge in [-0.25, -0.2) is 0 Å². The summed E-state index contributed by atoms with van der Waals surface area (Å²) >= 11 is 1.03. The van der Waals surface area contributed by atoms with E-state index in [1.165, 1.54) is 6.07 Å². The summed E-state index contributed by atoms with van der Waals surface area (Å²) in [5, 5.41) is 12.8. The van der Waals surface area contributed by atoms with Crippen molar-refractivity contribution in [3.8, 4) is 0 Å². The number of carbonyl (C=O) groups is 2. The van der Waals surface area contributed by atoms with Gasteiger partial charge in [-0.2, -0.15) is 13.2 Å². The van der Waals surface area contributed by atoms with Crippen molar-refractivity contribution >= 4 is 23.6 Å². The monoisotopic (exact) mass is 450 g/mol. The first-order chi connectivity index (χ1) is 14.8. The van der Waals surface area contributed by atoms with Gasteiger partial charge in [-0.05, 0) is 23.8 Å². The highest BCUT2D eigenvalue weighted by Crippen LogP contribution is 2.29. The Morgan fingerprint density at radius 1 is 0.968 bits per heavy atom. The Labute approximate surface area is 179 Å². The Morgan fingerprint density at radius 3 is 2.48 bits per heavy atom. The van der Waals surface area contributed by atoms with Crippen LogP contribution in [0.5, 0.6) is 0 Å². The van der Waals surface area contributed by atoms with Crippen molar-refractivity contribution in [2.75, 3.05) is 5.75 Å². The molecule has 0 radical (unpaired) electrons. The molecular weight excluding hydrogens is 433 g/mol. The number of amides is 2. The molecule has 31 heavy (non-hydrogen) atoms. The third-order valence-corrected chi connectivity index (χ3v) is 4.78. The molecule has 7 nitrogen and oxygen atoms in total. The van der Waals surface area contributed by atoms with E-state index in [0.717, 1.165) is 35.5 Å². The Balaban J connectivity index is 1.44. The van der Waals surface area contributed by atoms with E-state index in [0.29, 0.717) is 6.54 Å². The lowest BCUT2D eigenvalue weighted by Crippen LogP contribution is -2.24. The molecule has 0 aliphatic heterocycles. The average molecular weight is 450 g/mol. The van der Waals surface area contributed by atoms with E-state index in [9.17, 15) is 22.8 Å². The highest BCUT2D eigenvalue weighted by Gasteiger charge is 2.30. The van der Waals surface area contributed by atoms with Crippen molar-refractivity contribution in [3.05, 3.63) is 77.2 Å². The molecule has 162 valence electrons. The first-order valence-electron chi connectivity index (χ1n) is 9.02. The zero-order valence-electron chi connectivity index (χ0n) is 16.0. The van der Waals surface area contributed by atoms with Gasteiger partial charge < -0.3 is 15.1 Å². The number of alkyl halides is 3. The molecule has 0 bridgehead atoms. The van der Waals surface area contributed by atoms with Gasteiger partial charge in [0.1, 0.15) is 0 Å². The summed E-state index contributed by atoms with van der Waals surface area (Å²) in [6, 6.07) is 13.5. The van der Waals surface area contributed by atoms with E-state index >= 15 is 0 Å². The van der Waals surface area contributed by atoms with E-state index in [1.807, 2.05) is 30.3 Å². The second kappa shape index (κ2) is 10.1. The van der Waals surface area contributed by atoms with E-state index < -0.39 is 17.6 Å². The second-order valence-corrected chi connectivity index (χ2v) is 7.20. The van der Waals surface area contributed by atoms with Crippen LogP contribution in [0.15, 0.2) is 64.2 Å². The number of nitrogens with one attached hydrogen (secondary N) is 2. The maximum atomic E-state index is 12.8. The quantitative estimate of drug-likeness (QED) is 0.511. The molecule has 11 heteroatoms. The number of hydrogen-bond donors (Lipinski definition) is 2. The number of halogens is 3. The molecule has 0 saturated carbocycles. The van der Waals surface area contributed by atoms with Gasteiger partial charge in [0.2, 0.25) is 11.8 Å². The molecule has 3 aromatic rings. The molecule has 0 unspecified atom stereocenters. The van der Waals surface area contributed by atoms with E-state index in [4.69, 9.17) is 4.42 Å². The van der Waals surface area contributed by atoms with Gasteiger partial charge in [0.05, 0.1) is 17.9 Å². The van der Waals surface area contributed by atoms with Crippen molar-refractivity contribution < 1.29 is 27.2 Å². The van der Waals surface area contributed by atoms with Crippen LogP contribution < -0.4 is 10.6 Å². The SMILES string of the molecule is O=C(CSc1nnc(CNC(=O)c2cccc(C(F)(F)F)c2)o1)NCc1ccccc1. The van der Waals surface area contributed by atoms with Crippen LogP contribution >= 0.6 is 11.8 Å². The molecule has 2 N–H and O–H groups in total. The number of benzene rings is 2. The molecule has 2 aromatic carbocycles. The van der Waals surface area contributed by atoms with Gasteiger partial charge in [0.25, 0.3) is 11.1 Å². The van der Waals surface area contributed by atoms with Crippen LogP contribution in [0, 0.1) is 0 Å². The summed E-state index contributed by atoms with van der Waals surface area (Å²) in [5.41, 5.74) is -0.0846. The molecule has 1 aromatic heterocycles. The number of hydrogen-bond acceptors (Lipinski definition) is 6. The molecule has 1 heterocycles. The van der Waals surface area contributed by atoms with Crippen molar-refractivity contribution in [2.45, 2.75) is 24.5 Å². The second-order valence-electron chi connectivity index (χ2n) is 6.27. The van der Waals surface area contributed by atoms with Crippen LogP contribution in [-0.2, 0) is 24.1 Å². The van der Waals surface area contributed by atoms with Crippen LogP contribution in [0.1, 0.15) is 27.4 Å². The lowest BCUT2D eigenvalue weighted by molar-refractivity contribution is -0.137. The van der Waals surface area contributed by atoms with Gasteiger partial charge in [0, 0.05) is 12.1 Å². The van der Waals surface area contributed by atoms with Crippen LogP contribution in [-0.4, -0.2) is 27.8 Å². The molecule has 0 fully saturated rings. The van der Waals surface area contributed by atoms with Crippen LogP contribution in [0.2, 0.25) is 0 Å². The number of thioether (sulfide) groups is 1. The largest absolute Gasteiger partial charge is 0.416 e. The van der Waals surface area contributed by atoms with Gasteiger partial charge in [-0.1, -0.05) is 48.2 Å². The molecule has 0 aliphatic carbocycles. The summed E-state index contributed by atoms with van der Waals surface area (Å²) < 4.78 is 43.6. The molecular formula is C20H17F3N4O3S. The smallest absolute Gasteiger partial charge is 0.414 e. The van der Waals surface area contributed by atoms with E-state index in [1.54, 1.807) is 0 Å². The summed E-state index contributed by atoms with van der Waals surface area (Å²) in [6.07, 6.45) is -4.54. The average Bonchev–Trinajstić information content (AvgIpc) is 3.23. The highest BCUT2D eigenvalue weighted by atomic mass is 32.2. The fourth-order valence-corrected chi connectivity index (χ4v) is 3.05. The summed E-state index contributed by atoms with van der Waals surface area (Å²) in [7, 11) is 0. The Morgan fingerprint density at radius 2 is 1.74 bits per heavy atom. The topological polar surface area (TPSA) is 97.1 Å². The van der Waals surface area contributed by atoms with Crippen molar-refractivity contribution in [1.82, 2.24) is 20.8 Å². The molecule has 0 aliphatic rings. The summed E-state index contributed by atoms with van der Waals surface area (Å²) in [6.45, 7) is 0.236. The normalized spacial score (nSPS) is 11.2. The Bertz CT molecular complexity index is 1040. The molecule has 0 saturated heterocycles. The van der Waals surface area contributed by atoms with E-state index in [2.05, 4.69) is 20.8 Å². The van der Waals surface area contributed by atoms with Crippen LogP contribution in [0.25, 0.3) is 0 Å². The van der Waals surface area contributed by atoms with Crippen LogP contribution in [0.4, 0.5) is 13.2 Å². The predicted octanol–water partition coefficient (Wildman–Crippen LogP) is 3.43. The van der Waals surface area contributed by atoms with Gasteiger partial charge in [-0.3, -0.25) is 9.59 Å². The minimum Gasteiger partial charge on any atom is -0.414 e.